The molecule has 11 heavy (non-hydrogen) atoms. The second-order valence-corrected chi connectivity index (χ2v) is 3.33. The van der Waals surface area contributed by atoms with Crippen molar-refractivity contribution < 1.29 is 0 Å². The normalized spacial score (nSPS) is 11.7. The van der Waals surface area contributed by atoms with Gasteiger partial charge in [0.1, 0.15) is 0 Å². The molecule has 0 aromatic carbocycles. The predicted octanol–water partition coefficient (Wildman–Crippen LogP) is 3.40. The Hall–Kier alpha value is -0.780. The Kier molecular flexibility index (Phi) is 1.69. The number of unbranched alkanes of at least 4 members (excludes halogenated alkanes) is 2. The molecule has 0 heteroatoms. The number of rotatable bonds is 4. The van der Waals surface area contributed by atoms with Crippen LogP contribution in [0.5, 0.6) is 0 Å². The van der Waals surface area contributed by atoms with E-state index in [0.29, 0.717) is 0 Å². The van der Waals surface area contributed by atoms with Crippen LogP contribution in [-0.2, 0) is 6.42 Å². The lowest BCUT2D eigenvalue weighted by Gasteiger charge is -2.20. The summed E-state index contributed by atoms with van der Waals surface area (Å²) in [6.45, 7) is 2.25. The first kappa shape index (κ1) is 6.90. The second kappa shape index (κ2) is 2.69. The average molecular weight is 146 g/mol. The average Bonchev–Trinajstić information content (AvgIpc) is 1.98. The van der Waals surface area contributed by atoms with Gasteiger partial charge in [0.2, 0.25) is 0 Å². The van der Waals surface area contributed by atoms with Crippen LogP contribution in [0, 0.1) is 0 Å². The van der Waals surface area contributed by atoms with Crippen LogP contribution in [0.25, 0.3) is 11.1 Å². The zero-order chi connectivity index (χ0) is 7.68. The van der Waals surface area contributed by atoms with Gasteiger partial charge in [0.25, 0.3) is 0 Å². The highest BCUT2D eigenvalue weighted by atomic mass is 14.2. The van der Waals surface area contributed by atoms with Gasteiger partial charge in [0.15, 0.2) is 0 Å². The van der Waals surface area contributed by atoms with Crippen LogP contribution >= 0.6 is 0 Å². The summed E-state index contributed by atoms with van der Waals surface area (Å²) < 4.78 is 0. The van der Waals surface area contributed by atoms with Crippen molar-refractivity contribution in [3.63, 3.8) is 0 Å². The minimum atomic E-state index is 1.30. The lowest BCUT2D eigenvalue weighted by atomic mass is 9.84. The van der Waals surface area contributed by atoms with Gasteiger partial charge in [0, 0.05) is 0 Å². The molecule has 0 unspecified atom stereocenters. The Morgan fingerprint density at radius 1 is 1.18 bits per heavy atom. The molecule has 2 rings (SSSR count). The third-order valence-electron chi connectivity index (χ3n) is 2.47. The molecular formula is C11H14. The van der Waals surface area contributed by atoms with Crippen molar-refractivity contribution in [2.75, 3.05) is 0 Å². The molecule has 0 aromatic rings. The maximum absolute atomic E-state index is 2.32. The van der Waals surface area contributed by atoms with Gasteiger partial charge < -0.3 is 0 Å². The number of hydrogen-bond acceptors (Lipinski definition) is 0. The Morgan fingerprint density at radius 3 is 2.55 bits per heavy atom. The van der Waals surface area contributed by atoms with Crippen LogP contribution < -0.4 is 0 Å². The van der Waals surface area contributed by atoms with Gasteiger partial charge in [-0.3, -0.25) is 0 Å². The summed E-state index contributed by atoms with van der Waals surface area (Å²) in [4.78, 5) is 0. The van der Waals surface area contributed by atoms with Gasteiger partial charge in [-0.15, -0.1) is 0 Å². The highest BCUT2D eigenvalue weighted by Crippen LogP contribution is 2.37. The van der Waals surface area contributed by atoms with Gasteiger partial charge in [-0.25, -0.2) is 0 Å². The van der Waals surface area contributed by atoms with Crippen molar-refractivity contribution in [3.8, 4) is 11.1 Å². The maximum Gasteiger partial charge on any atom is -0.0151 e. The van der Waals surface area contributed by atoms with Crippen molar-refractivity contribution in [1.82, 2.24) is 0 Å². The zero-order valence-corrected chi connectivity index (χ0v) is 7.06. The molecule has 0 aliphatic heterocycles. The lowest BCUT2D eigenvalue weighted by molar-refractivity contribution is 0.716. The minimum absolute atomic E-state index is 1.30. The molecule has 0 amide bonds. The molecule has 0 saturated carbocycles. The van der Waals surface area contributed by atoms with Crippen LogP contribution in [-0.4, -0.2) is 0 Å². The first-order chi connectivity index (χ1) is 5.42. The van der Waals surface area contributed by atoms with E-state index in [1.165, 1.54) is 31.2 Å². The predicted molar refractivity (Wildman–Crippen MR) is 48.7 cm³/mol. The third kappa shape index (κ3) is 1.07. The summed E-state index contributed by atoms with van der Waals surface area (Å²) in [5, 5.41) is 0. The molecule has 0 radical (unpaired) electrons. The summed E-state index contributed by atoms with van der Waals surface area (Å²) in [7, 11) is 0. The van der Waals surface area contributed by atoms with Crippen LogP contribution in [0.1, 0.15) is 31.7 Å². The van der Waals surface area contributed by atoms with Crippen molar-refractivity contribution in [1.29, 1.82) is 0 Å². The summed E-state index contributed by atoms with van der Waals surface area (Å²) in [6.07, 6.45) is 5.38. The fourth-order valence-corrected chi connectivity index (χ4v) is 1.64. The molecule has 58 valence electrons. The van der Waals surface area contributed by atoms with Crippen LogP contribution in [0.15, 0.2) is 18.2 Å². The van der Waals surface area contributed by atoms with Gasteiger partial charge in [-0.2, -0.15) is 0 Å². The second-order valence-electron chi connectivity index (χ2n) is 3.33. The molecule has 0 nitrogen and oxygen atoms in total. The standard InChI is InChI=1S/C11H14/c1-2-3-4-5-9-8-10-6-7-11(9)10/h6-8H,2-5H2,1H3. The van der Waals surface area contributed by atoms with E-state index in [2.05, 4.69) is 25.1 Å². The van der Waals surface area contributed by atoms with Crippen LogP contribution in [0.2, 0.25) is 0 Å². The fraction of sp³-hybridized carbons (Fsp3) is 0.455. The van der Waals surface area contributed by atoms with Crippen molar-refractivity contribution >= 4 is 0 Å². The summed E-state index contributed by atoms with van der Waals surface area (Å²) in [5.74, 6) is 0. The van der Waals surface area contributed by atoms with Gasteiger partial charge in [-0.05, 0) is 29.5 Å². The SMILES string of the molecule is CCCCCc1cc2ccc1-2. The first-order valence-corrected chi connectivity index (χ1v) is 4.55. The Balaban J connectivity index is 1.83. The third-order valence-corrected chi connectivity index (χ3v) is 2.47. The first-order valence-electron chi connectivity index (χ1n) is 4.55. The summed E-state index contributed by atoms with van der Waals surface area (Å²) >= 11 is 0. The lowest BCUT2D eigenvalue weighted by Crippen LogP contribution is -2.00. The molecular weight excluding hydrogens is 132 g/mol. The molecule has 0 atom stereocenters. The molecule has 0 saturated heterocycles. The smallest absolute Gasteiger partial charge is 0.0151 e. The molecule has 2 aliphatic carbocycles. The van der Waals surface area contributed by atoms with Crippen LogP contribution in [0.4, 0.5) is 0 Å². The Morgan fingerprint density at radius 2 is 2.09 bits per heavy atom. The zero-order valence-electron chi connectivity index (χ0n) is 7.06. The van der Waals surface area contributed by atoms with E-state index in [4.69, 9.17) is 0 Å². The molecule has 0 bridgehead atoms. The summed E-state index contributed by atoms with van der Waals surface area (Å²) in [6, 6.07) is 6.75. The van der Waals surface area contributed by atoms with E-state index in [-0.39, 0.29) is 0 Å². The van der Waals surface area contributed by atoms with Gasteiger partial charge in [-0.1, -0.05) is 38.0 Å². The molecule has 2 aliphatic rings. The number of aryl methyl sites for hydroxylation is 1. The number of benzene rings is 1. The largest absolute Gasteiger partial charge is 0.0654 e. The maximum atomic E-state index is 2.32. The highest BCUT2D eigenvalue weighted by molar-refractivity contribution is 5.80. The van der Waals surface area contributed by atoms with Crippen molar-refractivity contribution in [2.24, 2.45) is 0 Å². The molecule has 0 N–H and O–H groups in total. The topological polar surface area (TPSA) is 0 Å². The quantitative estimate of drug-likeness (QED) is 0.580. The monoisotopic (exact) mass is 146 g/mol. The molecule has 0 aromatic heterocycles. The fourth-order valence-electron chi connectivity index (χ4n) is 1.64. The molecule has 0 heterocycles. The molecule has 0 fully saturated rings. The van der Waals surface area contributed by atoms with E-state index in [1.807, 2.05) is 0 Å². The van der Waals surface area contributed by atoms with E-state index < -0.39 is 0 Å². The van der Waals surface area contributed by atoms with E-state index in [9.17, 15) is 0 Å². The van der Waals surface area contributed by atoms with E-state index in [1.54, 1.807) is 11.1 Å². The minimum Gasteiger partial charge on any atom is -0.0654 e. The summed E-state index contributed by atoms with van der Waals surface area (Å²) in [5.41, 5.74) is 4.62. The van der Waals surface area contributed by atoms with Crippen LogP contribution in [0.3, 0.4) is 0 Å². The van der Waals surface area contributed by atoms with Crippen molar-refractivity contribution in [3.05, 3.63) is 23.8 Å². The molecule has 0 spiro atoms. The Bertz CT molecular complexity index is 261. The van der Waals surface area contributed by atoms with Crippen molar-refractivity contribution in [2.45, 2.75) is 32.6 Å². The van der Waals surface area contributed by atoms with Gasteiger partial charge >= 0.3 is 0 Å². The number of hydrogen-bond donors (Lipinski definition) is 0. The number of fused-ring (bicyclic) bond motifs is 1. The van der Waals surface area contributed by atoms with E-state index in [0.717, 1.165) is 0 Å². The van der Waals surface area contributed by atoms with E-state index >= 15 is 0 Å². The Labute approximate surface area is 68.3 Å². The van der Waals surface area contributed by atoms with Gasteiger partial charge in [0.05, 0.1) is 0 Å². The highest BCUT2D eigenvalue weighted by Gasteiger charge is 2.14.